The Kier molecular flexibility index (Phi) is 3.87. The minimum absolute atomic E-state index is 0.402. The van der Waals surface area contributed by atoms with Gasteiger partial charge in [0.1, 0.15) is 16.8 Å². The van der Waals surface area contributed by atoms with Crippen molar-refractivity contribution < 1.29 is 4.74 Å². The fraction of sp³-hybridized carbons (Fsp3) is 0.733. The number of ether oxygens (including phenoxy) is 1. The summed E-state index contributed by atoms with van der Waals surface area (Å²) in [6, 6.07) is 0. The van der Waals surface area contributed by atoms with Gasteiger partial charge in [-0.1, -0.05) is 11.6 Å². The summed E-state index contributed by atoms with van der Waals surface area (Å²) in [4.78, 5) is 9.07. The molecule has 1 aromatic heterocycles. The van der Waals surface area contributed by atoms with Crippen molar-refractivity contribution in [3.63, 3.8) is 0 Å². The molecule has 0 saturated heterocycles. The standard InChI is InChI=1S/C15H22ClN3O/c1-10-12(16)18-14(11-3-4-11)19-13(10)17-9-15(5-6-15)7-8-20-2/h11H,3-9H2,1-2H3,(H,17,18,19). The summed E-state index contributed by atoms with van der Waals surface area (Å²) in [5, 5.41) is 4.09. The summed E-state index contributed by atoms with van der Waals surface area (Å²) in [6.07, 6.45) is 6.05. The Bertz CT molecular complexity index is 498. The van der Waals surface area contributed by atoms with E-state index in [1.54, 1.807) is 7.11 Å². The fourth-order valence-electron chi connectivity index (χ4n) is 2.48. The number of aromatic nitrogens is 2. The third-order valence-corrected chi connectivity index (χ3v) is 4.84. The maximum Gasteiger partial charge on any atom is 0.137 e. The molecule has 4 nitrogen and oxygen atoms in total. The minimum Gasteiger partial charge on any atom is -0.385 e. The van der Waals surface area contributed by atoms with Gasteiger partial charge >= 0.3 is 0 Å². The average molecular weight is 296 g/mol. The van der Waals surface area contributed by atoms with Crippen LogP contribution in [0.3, 0.4) is 0 Å². The Morgan fingerprint density at radius 2 is 2.10 bits per heavy atom. The van der Waals surface area contributed by atoms with Gasteiger partial charge in [0, 0.05) is 31.7 Å². The summed E-state index contributed by atoms with van der Waals surface area (Å²) >= 11 is 6.23. The van der Waals surface area contributed by atoms with Crippen LogP contribution in [0.1, 0.15) is 49.4 Å². The second kappa shape index (κ2) is 5.49. The van der Waals surface area contributed by atoms with Crippen molar-refractivity contribution in [1.82, 2.24) is 9.97 Å². The summed E-state index contributed by atoms with van der Waals surface area (Å²) < 4.78 is 5.20. The third-order valence-electron chi connectivity index (χ3n) is 4.47. The van der Waals surface area contributed by atoms with E-state index < -0.39 is 0 Å². The molecule has 20 heavy (non-hydrogen) atoms. The quantitative estimate of drug-likeness (QED) is 0.782. The number of anilines is 1. The Balaban J connectivity index is 1.67. The molecule has 0 spiro atoms. The van der Waals surface area contributed by atoms with Gasteiger partial charge < -0.3 is 10.1 Å². The topological polar surface area (TPSA) is 47.0 Å². The van der Waals surface area contributed by atoms with Crippen molar-refractivity contribution in [3.05, 3.63) is 16.5 Å². The van der Waals surface area contributed by atoms with E-state index in [2.05, 4.69) is 15.3 Å². The Labute approximate surface area is 125 Å². The lowest BCUT2D eigenvalue weighted by atomic mass is 10.0. The van der Waals surface area contributed by atoms with Crippen LogP contribution < -0.4 is 5.32 Å². The number of nitrogens with one attached hydrogen (secondary N) is 1. The molecule has 110 valence electrons. The van der Waals surface area contributed by atoms with Crippen molar-refractivity contribution in [2.45, 2.75) is 44.9 Å². The summed E-state index contributed by atoms with van der Waals surface area (Å²) in [5.74, 6) is 2.34. The predicted octanol–water partition coefficient (Wildman–Crippen LogP) is 3.54. The molecule has 0 aliphatic heterocycles. The van der Waals surface area contributed by atoms with Gasteiger partial charge in [-0.05, 0) is 44.4 Å². The van der Waals surface area contributed by atoms with Gasteiger partial charge in [0.05, 0.1) is 0 Å². The molecule has 1 N–H and O–H groups in total. The van der Waals surface area contributed by atoms with E-state index in [0.29, 0.717) is 16.5 Å². The Hall–Kier alpha value is -0.870. The van der Waals surface area contributed by atoms with Gasteiger partial charge in [-0.3, -0.25) is 0 Å². The number of hydrogen-bond donors (Lipinski definition) is 1. The van der Waals surface area contributed by atoms with Gasteiger partial charge in [0.15, 0.2) is 0 Å². The summed E-state index contributed by atoms with van der Waals surface area (Å²) in [7, 11) is 1.76. The van der Waals surface area contributed by atoms with Crippen molar-refractivity contribution in [2.24, 2.45) is 5.41 Å². The molecule has 0 aromatic carbocycles. The van der Waals surface area contributed by atoms with Crippen LogP contribution in [0, 0.1) is 12.3 Å². The van der Waals surface area contributed by atoms with Crippen LogP contribution in [0.2, 0.25) is 5.15 Å². The van der Waals surface area contributed by atoms with Crippen molar-refractivity contribution >= 4 is 17.4 Å². The highest BCUT2D eigenvalue weighted by molar-refractivity contribution is 6.30. The molecular formula is C15H22ClN3O. The first-order chi connectivity index (χ1) is 9.63. The van der Waals surface area contributed by atoms with Crippen LogP contribution in [-0.4, -0.2) is 30.2 Å². The van der Waals surface area contributed by atoms with Crippen LogP contribution in [0.25, 0.3) is 0 Å². The molecule has 1 aromatic rings. The maximum absolute atomic E-state index is 6.23. The molecule has 0 radical (unpaired) electrons. The van der Waals surface area contributed by atoms with Crippen molar-refractivity contribution in [3.8, 4) is 0 Å². The largest absolute Gasteiger partial charge is 0.385 e. The van der Waals surface area contributed by atoms with Gasteiger partial charge in [-0.2, -0.15) is 0 Å². The highest BCUT2D eigenvalue weighted by atomic mass is 35.5. The highest BCUT2D eigenvalue weighted by Gasteiger charge is 2.42. The molecule has 0 unspecified atom stereocenters. The van der Waals surface area contributed by atoms with Crippen molar-refractivity contribution in [2.75, 3.05) is 25.6 Å². The van der Waals surface area contributed by atoms with E-state index in [9.17, 15) is 0 Å². The monoisotopic (exact) mass is 295 g/mol. The highest BCUT2D eigenvalue weighted by Crippen LogP contribution is 2.49. The summed E-state index contributed by atoms with van der Waals surface area (Å²) in [5.41, 5.74) is 1.36. The smallest absolute Gasteiger partial charge is 0.137 e. The lowest BCUT2D eigenvalue weighted by molar-refractivity contribution is 0.175. The zero-order valence-electron chi connectivity index (χ0n) is 12.2. The summed E-state index contributed by atoms with van der Waals surface area (Å²) in [6.45, 7) is 3.77. The van der Waals surface area contributed by atoms with Crippen molar-refractivity contribution in [1.29, 1.82) is 0 Å². The molecule has 1 heterocycles. The minimum atomic E-state index is 0.402. The number of halogens is 1. The van der Waals surface area contributed by atoms with Gasteiger partial charge in [-0.25, -0.2) is 9.97 Å². The molecule has 2 aliphatic carbocycles. The number of methoxy groups -OCH3 is 1. The molecule has 0 amide bonds. The lowest BCUT2D eigenvalue weighted by Gasteiger charge is -2.17. The number of nitrogens with zero attached hydrogens (tertiary/aromatic N) is 2. The second-order valence-electron chi connectivity index (χ2n) is 6.22. The third kappa shape index (κ3) is 3.07. The molecule has 2 aliphatic rings. The second-order valence-corrected chi connectivity index (χ2v) is 6.57. The van der Waals surface area contributed by atoms with Crippen LogP contribution in [0.4, 0.5) is 5.82 Å². The van der Waals surface area contributed by atoms with E-state index in [1.165, 1.54) is 25.7 Å². The predicted molar refractivity (Wildman–Crippen MR) is 80.4 cm³/mol. The zero-order chi connectivity index (χ0) is 14.2. The average Bonchev–Trinajstić information content (AvgIpc) is 3.33. The van der Waals surface area contributed by atoms with Crippen LogP contribution >= 0.6 is 11.6 Å². The normalized spacial score (nSPS) is 19.9. The maximum atomic E-state index is 6.23. The molecular weight excluding hydrogens is 274 g/mol. The molecule has 0 bridgehead atoms. The molecule has 5 heteroatoms. The number of hydrogen-bond acceptors (Lipinski definition) is 4. The van der Waals surface area contributed by atoms with E-state index >= 15 is 0 Å². The first-order valence-corrected chi connectivity index (χ1v) is 7.78. The lowest BCUT2D eigenvalue weighted by Crippen LogP contribution is -2.19. The van der Waals surface area contributed by atoms with Crippen LogP contribution in [0.5, 0.6) is 0 Å². The fourth-order valence-corrected chi connectivity index (χ4v) is 2.66. The van der Waals surface area contributed by atoms with Gasteiger partial charge in [0.2, 0.25) is 0 Å². The molecule has 2 saturated carbocycles. The Morgan fingerprint density at radius 3 is 2.70 bits per heavy atom. The van der Waals surface area contributed by atoms with Crippen LogP contribution in [0.15, 0.2) is 0 Å². The van der Waals surface area contributed by atoms with E-state index in [1.807, 2.05) is 6.92 Å². The molecule has 2 fully saturated rings. The van der Waals surface area contributed by atoms with Gasteiger partial charge in [-0.15, -0.1) is 0 Å². The Morgan fingerprint density at radius 1 is 1.35 bits per heavy atom. The molecule has 0 atom stereocenters. The molecule has 3 rings (SSSR count). The first kappa shape index (κ1) is 14.1. The first-order valence-electron chi connectivity index (χ1n) is 7.40. The van der Waals surface area contributed by atoms with Gasteiger partial charge in [0.25, 0.3) is 0 Å². The van der Waals surface area contributed by atoms with E-state index in [4.69, 9.17) is 16.3 Å². The van der Waals surface area contributed by atoms with E-state index in [0.717, 1.165) is 36.8 Å². The zero-order valence-corrected chi connectivity index (χ0v) is 13.0. The van der Waals surface area contributed by atoms with Crippen LogP contribution in [-0.2, 0) is 4.74 Å². The van der Waals surface area contributed by atoms with E-state index in [-0.39, 0.29) is 0 Å². The number of rotatable bonds is 7. The SMILES string of the molecule is COCCC1(CNc2nc(C3CC3)nc(Cl)c2C)CC1.